The number of hydrogen-bond donors (Lipinski definition) is 1. The van der Waals surface area contributed by atoms with Gasteiger partial charge in [0, 0.05) is 25.4 Å². The summed E-state index contributed by atoms with van der Waals surface area (Å²) >= 11 is 0. The van der Waals surface area contributed by atoms with Crippen molar-refractivity contribution < 1.29 is 19.0 Å². The van der Waals surface area contributed by atoms with E-state index in [0.29, 0.717) is 32.7 Å². The first kappa shape index (κ1) is 23.6. The Morgan fingerprint density at radius 1 is 1.03 bits per heavy atom. The molecule has 2 fully saturated rings. The zero-order valence-electron chi connectivity index (χ0n) is 19.8. The van der Waals surface area contributed by atoms with Gasteiger partial charge in [-0.3, -0.25) is 9.69 Å². The Kier molecular flexibility index (Phi) is 7.89. The Balaban J connectivity index is 1.35. The van der Waals surface area contributed by atoms with Crippen LogP contribution in [0.2, 0.25) is 0 Å². The molecule has 0 aromatic heterocycles. The SMILES string of the molecule is COc1ccc(C2(C(=O)Nc3ccc(OCCN4CCC(C)CC4)cc3)CCOCC2)cc1. The molecule has 0 radical (unpaired) electrons. The van der Waals surface area contributed by atoms with Crippen LogP contribution in [0.25, 0.3) is 0 Å². The van der Waals surface area contributed by atoms with Gasteiger partial charge >= 0.3 is 0 Å². The highest BCUT2D eigenvalue weighted by atomic mass is 16.5. The molecule has 2 aromatic carbocycles. The molecule has 0 aliphatic carbocycles. The molecular formula is C27H36N2O4. The maximum atomic E-state index is 13.5. The Morgan fingerprint density at radius 2 is 1.67 bits per heavy atom. The Labute approximate surface area is 197 Å². The average molecular weight is 453 g/mol. The van der Waals surface area contributed by atoms with E-state index in [1.54, 1.807) is 7.11 Å². The second kappa shape index (κ2) is 11.0. The first-order chi connectivity index (χ1) is 16.1. The topological polar surface area (TPSA) is 60.0 Å². The molecule has 0 spiro atoms. The fourth-order valence-electron chi connectivity index (χ4n) is 4.74. The molecule has 0 unspecified atom stereocenters. The highest BCUT2D eigenvalue weighted by Crippen LogP contribution is 2.37. The smallest absolute Gasteiger partial charge is 0.235 e. The normalized spacial score (nSPS) is 19.1. The minimum absolute atomic E-state index is 0.00367. The molecule has 2 aromatic rings. The molecule has 2 heterocycles. The minimum atomic E-state index is -0.606. The predicted octanol–water partition coefficient (Wildman–Crippen LogP) is 4.49. The van der Waals surface area contributed by atoms with Crippen LogP contribution in [0.1, 0.15) is 38.2 Å². The lowest BCUT2D eigenvalue weighted by Crippen LogP contribution is -2.44. The monoisotopic (exact) mass is 452 g/mol. The van der Waals surface area contributed by atoms with Gasteiger partial charge in [-0.05, 0) is 86.7 Å². The number of piperidine rings is 1. The van der Waals surface area contributed by atoms with Crippen molar-refractivity contribution in [3.05, 3.63) is 54.1 Å². The predicted molar refractivity (Wildman–Crippen MR) is 130 cm³/mol. The highest BCUT2D eigenvalue weighted by Gasteiger charge is 2.41. The van der Waals surface area contributed by atoms with Gasteiger partial charge < -0.3 is 19.5 Å². The van der Waals surface area contributed by atoms with Crippen LogP contribution in [-0.4, -0.2) is 57.4 Å². The maximum Gasteiger partial charge on any atom is 0.235 e. The van der Waals surface area contributed by atoms with E-state index < -0.39 is 5.41 Å². The number of nitrogens with one attached hydrogen (secondary N) is 1. The summed E-state index contributed by atoms with van der Waals surface area (Å²) < 4.78 is 16.8. The molecule has 6 heteroatoms. The molecule has 178 valence electrons. The van der Waals surface area contributed by atoms with Crippen LogP contribution in [0.3, 0.4) is 0 Å². The van der Waals surface area contributed by atoms with Crippen molar-refractivity contribution in [3.63, 3.8) is 0 Å². The van der Waals surface area contributed by atoms with Crippen molar-refractivity contribution in [3.8, 4) is 11.5 Å². The second-order valence-corrected chi connectivity index (χ2v) is 9.27. The largest absolute Gasteiger partial charge is 0.497 e. The van der Waals surface area contributed by atoms with Crippen LogP contribution >= 0.6 is 0 Å². The number of amides is 1. The molecule has 1 N–H and O–H groups in total. The average Bonchev–Trinajstić information content (AvgIpc) is 2.87. The molecule has 0 atom stereocenters. The van der Waals surface area contributed by atoms with E-state index in [-0.39, 0.29) is 5.91 Å². The van der Waals surface area contributed by atoms with Crippen LogP contribution in [0.5, 0.6) is 11.5 Å². The number of methoxy groups -OCH3 is 1. The molecular weight excluding hydrogens is 416 g/mol. The van der Waals surface area contributed by atoms with Gasteiger partial charge in [-0.25, -0.2) is 0 Å². The van der Waals surface area contributed by atoms with E-state index >= 15 is 0 Å². The van der Waals surface area contributed by atoms with Gasteiger partial charge in [-0.15, -0.1) is 0 Å². The summed E-state index contributed by atoms with van der Waals surface area (Å²) in [7, 11) is 1.65. The van der Waals surface area contributed by atoms with Crippen molar-refractivity contribution >= 4 is 11.6 Å². The van der Waals surface area contributed by atoms with Gasteiger partial charge in [0.2, 0.25) is 5.91 Å². The fraction of sp³-hybridized carbons (Fsp3) is 0.519. The molecule has 4 rings (SSSR count). The number of benzene rings is 2. The lowest BCUT2D eigenvalue weighted by molar-refractivity contribution is -0.125. The summed E-state index contributed by atoms with van der Waals surface area (Å²) in [4.78, 5) is 15.9. The third-order valence-electron chi connectivity index (χ3n) is 7.09. The first-order valence-corrected chi connectivity index (χ1v) is 12.1. The van der Waals surface area contributed by atoms with Gasteiger partial charge in [-0.1, -0.05) is 19.1 Å². The fourth-order valence-corrected chi connectivity index (χ4v) is 4.74. The van der Waals surface area contributed by atoms with Crippen molar-refractivity contribution in [2.45, 2.75) is 38.0 Å². The van der Waals surface area contributed by atoms with Gasteiger partial charge in [0.1, 0.15) is 18.1 Å². The third kappa shape index (κ3) is 5.87. The van der Waals surface area contributed by atoms with E-state index in [1.807, 2.05) is 48.5 Å². The summed E-state index contributed by atoms with van der Waals surface area (Å²) in [5, 5.41) is 3.13. The van der Waals surface area contributed by atoms with E-state index in [9.17, 15) is 4.79 Å². The zero-order chi connectivity index (χ0) is 23.1. The van der Waals surface area contributed by atoms with E-state index in [0.717, 1.165) is 48.3 Å². The lowest BCUT2D eigenvalue weighted by atomic mass is 9.73. The summed E-state index contributed by atoms with van der Waals surface area (Å²) in [6, 6.07) is 15.5. The highest BCUT2D eigenvalue weighted by molar-refractivity contribution is 5.99. The first-order valence-electron chi connectivity index (χ1n) is 12.1. The van der Waals surface area contributed by atoms with Gasteiger partial charge in [0.15, 0.2) is 0 Å². The van der Waals surface area contributed by atoms with Crippen molar-refractivity contribution in [2.24, 2.45) is 5.92 Å². The van der Waals surface area contributed by atoms with E-state index in [2.05, 4.69) is 17.1 Å². The number of rotatable bonds is 8. The van der Waals surface area contributed by atoms with E-state index in [1.165, 1.54) is 12.8 Å². The van der Waals surface area contributed by atoms with Gasteiger partial charge in [-0.2, -0.15) is 0 Å². The number of nitrogens with zero attached hydrogens (tertiary/aromatic N) is 1. The Bertz CT molecular complexity index is 883. The van der Waals surface area contributed by atoms with Gasteiger partial charge in [0.05, 0.1) is 12.5 Å². The Hall–Kier alpha value is -2.57. The second-order valence-electron chi connectivity index (χ2n) is 9.27. The van der Waals surface area contributed by atoms with Crippen LogP contribution in [0.4, 0.5) is 5.69 Å². The van der Waals surface area contributed by atoms with Crippen molar-refractivity contribution in [1.82, 2.24) is 4.90 Å². The van der Waals surface area contributed by atoms with Crippen LogP contribution in [-0.2, 0) is 14.9 Å². The zero-order valence-corrected chi connectivity index (χ0v) is 19.8. The number of carbonyl (C=O) groups excluding carboxylic acids is 1. The number of likely N-dealkylation sites (tertiary alicyclic amines) is 1. The summed E-state index contributed by atoms with van der Waals surface area (Å²) in [6.07, 6.45) is 3.86. The molecule has 0 saturated carbocycles. The number of ether oxygens (including phenoxy) is 3. The summed E-state index contributed by atoms with van der Waals surface area (Å²) in [5.74, 6) is 2.46. The quantitative estimate of drug-likeness (QED) is 0.639. The number of hydrogen-bond acceptors (Lipinski definition) is 5. The van der Waals surface area contributed by atoms with Crippen LogP contribution in [0.15, 0.2) is 48.5 Å². The van der Waals surface area contributed by atoms with Gasteiger partial charge in [0.25, 0.3) is 0 Å². The third-order valence-corrected chi connectivity index (χ3v) is 7.09. The molecule has 1 amide bonds. The molecule has 2 aliphatic heterocycles. The molecule has 33 heavy (non-hydrogen) atoms. The summed E-state index contributed by atoms with van der Waals surface area (Å²) in [6.45, 7) is 7.44. The van der Waals surface area contributed by atoms with Crippen molar-refractivity contribution in [2.75, 3.05) is 51.9 Å². The minimum Gasteiger partial charge on any atom is -0.497 e. The molecule has 2 aliphatic rings. The van der Waals surface area contributed by atoms with Crippen LogP contribution in [0, 0.1) is 5.92 Å². The maximum absolute atomic E-state index is 13.5. The summed E-state index contributed by atoms with van der Waals surface area (Å²) in [5.41, 5.74) is 1.17. The van der Waals surface area contributed by atoms with E-state index in [4.69, 9.17) is 14.2 Å². The Morgan fingerprint density at radius 3 is 2.30 bits per heavy atom. The molecule has 6 nitrogen and oxygen atoms in total. The standard InChI is InChI=1S/C27H36N2O4/c1-21-11-15-29(16-12-21)17-20-33-25-9-5-23(6-10-25)28-26(30)27(13-18-32-19-14-27)22-3-7-24(31-2)8-4-22/h3-10,21H,11-20H2,1-2H3,(H,28,30). The molecule has 2 saturated heterocycles. The number of anilines is 1. The lowest BCUT2D eigenvalue weighted by Gasteiger charge is -2.36. The number of carbonyl (C=O) groups is 1. The van der Waals surface area contributed by atoms with Crippen molar-refractivity contribution in [1.29, 1.82) is 0 Å². The van der Waals surface area contributed by atoms with Crippen LogP contribution < -0.4 is 14.8 Å². The molecule has 0 bridgehead atoms.